The number of carbonyl (C=O) groups excluding carboxylic acids is 2. The van der Waals surface area contributed by atoms with Gasteiger partial charge in [-0.25, -0.2) is 9.59 Å². The zero-order valence-corrected chi connectivity index (χ0v) is 19.2. The fourth-order valence-electron chi connectivity index (χ4n) is 3.05. The molecule has 1 N–H and O–H groups in total. The van der Waals surface area contributed by atoms with Crippen LogP contribution in [0.4, 0.5) is 4.79 Å². The van der Waals surface area contributed by atoms with Gasteiger partial charge in [-0.15, -0.1) is 0 Å². The summed E-state index contributed by atoms with van der Waals surface area (Å²) < 4.78 is 22.2. The van der Waals surface area contributed by atoms with E-state index in [0.29, 0.717) is 11.5 Å². The van der Waals surface area contributed by atoms with E-state index in [0.717, 1.165) is 18.4 Å². The molecule has 0 saturated carbocycles. The van der Waals surface area contributed by atoms with Crippen LogP contribution in [0.25, 0.3) is 0 Å². The maximum atomic E-state index is 12.2. The molecule has 6 nitrogen and oxygen atoms in total. The molecule has 0 aromatic heterocycles. The summed E-state index contributed by atoms with van der Waals surface area (Å²) in [6.07, 6.45) is 9.15. The number of hydrogen-bond acceptors (Lipinski definition) is 5. The third-order valence-corrected chi connectivity index (χ3v) is 6.29. The van der Waals surface area contributed by atoms with Crippen molar-refractivity contribution in [1.29, 1.82) is 0 Å². The van der Waals surface area contributed by atoms with Crippen LogP contribution >= 0.6 is 0 Å². The highest BCUT2D eigenvalue weighted by molar-refractivity contribution is 7.84. The number of carbonyl (C=O) groups is 2. The molecule has 1 aromatic carbocycles. The summed E-state index contributed by atoms with van der Waals surface area (Å²) in [5.41, 5.74) is 0.855. The van der Waals surface area contributed by atoms with Gasteiger partial charge in [-0.05, 0) is 18.4 Å². The predicted molar refractivity (Wildman–Crippen MR) is 121 cm³/mol. The standard InChI is InChI=1S/C23H37NO5S/c1-3-4-5-6-7-8-9-13-17-30(27)18-16-21(22(25)28-2)24-23(26)29-19-20-14-11-10-12-15-20/h10-12,14-15,21H,3-9,13,16-19H2,1-2H3,(H,24,26)/t21-,30?/m0/s1. The van der Waals surface area contributed by atoms with Crippen molar-refractivity contribution >= 4 is 22.9 Å². The molecule has 1 amide bonds. The highest BCUT2D eigenvalue weighted by atomic mass is 32.2. The van der Waals surface area contributed by atoms with Gasteiger partial charge in [0, 0.05) is 22.3 Å². The Morgan fingerprint density at radius 2 is 1.60 bits per heavy atom. The van der Waals surface area contributed by atoms with Crippen LogP contribution in [0.5, 0.6) is 0 Å². The summed E-state index contributed by atoms with van der Waals surface area (Å²) in [6, 6.07) is 8.43. The van der Waals surface area contributed by atoms with E-state index in [1.165, 1.54) is 45.6 Å². The van der Waals surface area contributed by atoms with Crippen LogP contribution in [0.15, 0.2) is 30.3 Å². The number of hydrogen-bond donors (Lipinski definition) is 1. The van der Waals surface area contributed by atoms with Gasteiger partial charge in [0.05, 0.1) is 7.11 Å². The Morgan fingerprint density at radius 1 is 0.967 bits per heavy atom. The normalized spacial score (nSPS) is 12.7. The largest absolute Gasteiger partial charge is 0.467 e. The molecule has 0 saturated heterocycles. The van der Waals surface area contributed by atoms with E-state index in [2.05, 4.69) is 12.2 Å². The molecular weight excluding hydrogens is 402 g/mol. The van der Waals surface area contributed by atoms with E-state index in [9.17, 15) is 13.8 Å². The van der Waals surface area contributed by atoms with Crippen LogP contribution < -0.4 is 5.32 Å². The van der Waals surface area contributed by atoms with E-state index < -0.39 is 28.9 Å². The van der Waals surface area contributed by atoms with Crippen molar-refractivity contribution in [3.05, 3.63) is 35.9 Å². The quantitative estimate of drug-likeness (QED) is 0.297. The molecule has 0 heterocycles. The van der Waals surface area contributed by atoms with E-state index in [1.54, 1.807) is 0 Å². The number of unbranched alkanes of at least 4 members (excludes halogenated alkanes) is 7. The van der Waals surface area contributed by atoms with Crippen LogP contribution in [0.3, 0.4) is 0 Å². The summed E-state index contributed by atoms with van der Waals surface area (Å²) in [6.45, 7) is 2.33. The molecule has 0 fully saturated rings. The monoisotopic (exact) mass is 439 g/mol. The Balaban J connectivity index is 2.25. The summed E-state index contributed by atoms with van der Waals surface area (Å²) in [5, 5.41) is 2.52. The number of alkyl carbamates (subject to hydrolysis) is 1. The number of amides is 1. The van der Waals surface area contributed by atoms with E-state index in [1.807, 2.05) is 30.3 Å². The topological polar surface area (TPSA) is 81.7 Å². The maximum absolute atomic E-state index is 12.2. The minimum absolute atomic E-state index is 0.116. The number of benzene rings is 1. The molecule has 0 aliphatic carbocycles. The summed E-state index contributed by atoms with van der Waals surface area (Å²) in [7, 11) is 0.250. The molecule has 7 heteroatoms. The number of esters is 1. The molecule has 1 aromatic rings. The van der Waals surface area contributed by atoms with Crippen LogP contribution in [-0.2, 0) is 31.7 Å². The van der Waals surface area contributed by atoms with E-state index in [4.69, 9.17) is 9.47 Å². The van der Waals surface area contributed by atoms with Gasteiger partial charge in [-0.2, -0.15) is 0 Å². The Bertz CT molecular complexity index is 623. The summed E-state index contributed by atoms with van der Waals surface area (Å²) in [4.78, 5) is 24.0. The van der Waals surface area contributed by atoms with Gasteiger partial charge in [0.25, 0.3) is 0 Å². The lowest BCUT2D eigenvalue weighted by atomic mass is 10.1. The number of rotatable bonds is 16. The van der Waals surface area contributed by atoms with Crippen molar-refractivity contribution in [1.82, 2.24) is 5.32 Å². The zero-order chi connectivity index (χ0) is 22.0. The second-order valence-electron chi connectivity index (χ2n) is 7.39. The van der Waals surface area contributed by atoms with Crippen molar-refractivity contribution in [2.75, 3.05) is 18.6 Å². The minimum Gasteiger partial charge on any atom is -0.467 e. The van der Waals surface area contributed by atoms with Crippen LogP contribution in [-0.4, -0.2) is 40.9 Å². The third-order valence-electron chi connectivity index (χ3n) is 4.85. The molecule has 0 aliphatic heterocycles. The Labute approximate surface area is 183 Å². The summed E-state index contributed by atoms with van der Waals surface area (Å²) >= 11 is 0. The van der Waals surface area contributed by atoms with Crippen molar-refractivity contribution in [3.63, 3.8) is 0 Å². The van der Waals surface area contributed by atoms with E-state index in [-0.39, 0.29) is 13.0 Å². The maximum Gasteiger partial charge on any atom is 0.408 e. The first-order chi connectivity index (χ1) is 14.6. The average Bonchev–Trinajstić information content (AvgIpc) is 2.77. The number of methoxy groups -OCH3 is 1. The van der Waals surface area contributed by atoms with Gasteiger partial charge in [0.1, 0.15) is 12.6 Å². The van der Waals surface area contributed by atoms with Crippen molar-refractivity contribution in [2.24, 2.45) is 0 Å². The molecule has 0 radical (unpaired) electrons. The van der Waals surface area contributed by atoms with Gasteiger partial charge in [0.15, 0.2) is 0 Å². The highest BCUT2D eigenvalue weighted by Crippen LogP contribution is 2.09. The predicted octanol–water partition coefficient (Wildman–Crippen LogP) is 4.73. The molecule has 2 atom stereocenters. The number of ether oxygens (including phenoxy) is 2. The summed E-state index contributed by atoms with van der Waals surface area (Å²) in [5.74, 6) is 0.409. The molecule has 30 heavy (non-hydrogen) atoms. The second-order valence-corrected chi connectivity index (χ2v) is 9.09. The lowest BCUT2D eigenvalue weighted by molar-refractivity contribution is -0.143. The lowest BCUT2D eigenvalue weighted by Crippen LogP contribution is -2.42. The molecule has 0 aliphatic rings. The molecule has 170 valence electrons. The van der Waals surface area contributed by atoms with E-state index >= 15 is 0 Å². The van der Waals surface area contributed by atoms with Crippen LogP contribution in [0, 0.1) is 0 Å². The average molecular weight is 440 g/mol. The van der Waals surface area contributed by atoms with Crippen molar-refractivity contribution in [3.8, 4) is 0 Å². The first-order valence-corrected chi connectivity index (χ1v) is 12.5. The van der Waals surface area contributed by atoms with Crippen molar-refractivity contribution in [2.45, 2.75) is 77.4 Å². The van der Waals surface area contributed by atoms with Gasteiger partial charge < -0.3 is 14.8 Å². The number of nitrogens with one attached hydrogen (secondary N) is 1. The van der Waals surface area contributed by atoms with Gasteiger partial charge >= 0.3 is 12.1 Å². The SMILES string of the molecule is CCCCCCCCCCS(=O)CC[C@H](NC(=O)OCc1ccccc1)C(=O)OC. The Kier molecular flexibility index (Phi) is 14.7. The minimum atomic E-state index is -1.02. The Morgan fingerprint density at radius 3 is 2.23 bits per heavy atom. The fraction of sp³-hybridized carbons (Fsp3) is 0.652. The van der Waals surface area contributed by atoms with Gasteiger partial charge in [-0.1, -0.05) is 82.2 Å². The molecule has 0 bridgehead atoms. The molecule has 1 unspecified atom stereocenters. The van der Waals surface area contributed by atoms with Crippen LogP contribution in [0.2, 0.25) is 0 Å². The first-order valence-electron chi connectivity index (χ1n) is 11.0. The zero-order valence-electron chi connectivity index (χ0n) is 18.4. The first kappa shape index (κ1) is 26.1. The van der Waals surface area contributed by atoms with Gasteiger partial charge in [0.2, 0.25) is 0 Å². The van der Waals surface area contributed by atoms with Gasteiger partial charge in [-0.3, -0.25) is 4.21 Å². The molecule has 1 rings (SSSR count). The third kappa shape index (κ3) is 12.6. The lowest BCUT2D eigenvalue weighted by Gasteiger charge is -2.16. The molecule has 0 spiro atoms. The fourth-order valence-corrected chi connectivity index (χ4v) is 4.28. The smallest absolute Gasteiger partial charge is 0.408 e. The Hall–Kier alpha value is -1.89. The van der Waals surface area contributed by atoms with Crippen molar-refractivity contribution < 1.29 is 23.3 Å². The second kappa shape index (κ2) is 16.9. The van der Waals surface area contributed by atoms with Crippen LogP contribution in [0.1, 0.15) is 70.3 Å². The molecular formula is C23H37NO5S. The highest BCUT2D eigenvalue weighted by Gasteiger charge is 2.23.